The van der Waals surface area contributed by atoms with E-state index in [0.29, 0.717) is 13.1 Å². The molecule has 3 rings (SSSR count). The van der Waals surface area contributed by atoms with Gasteiger partial charge in [0.2, 0.25) is 0 Å². The van der Waals surface area contributed by atoms with Crippen LogP contribution in [0.15, 0.2) is 65.8 Å². The van der Waals surface area contributed by atoms with Gasteiger partial charge in [0.05, 0.1) is 6.54 Å². The summed E-state index contributed by atoms with van der Waals surface area (Å²) in [6.07, 6.45) is 1.85. The Morgan fingerprint density at radius 3 is 2.38 bits per heavy atom. The molecule has 2 aromatic rings. The lowest BCUT2D eigenvalue weighted by Crippen LogP contribution is -2.27. The Morgan fingerprint density at radius 1 is 1.08 bits per heavy atom. The molecule has 0 aromatic heterocycles. The molecule has 1 aliphatic rings. The van der Waals surface area contributed by atoms with Crippen molar-refractivity contribution in [2.24, 2.45) is 16.5 Å². The van der Waals surface area contributed by atoms with E-state index in [0.717, 1.165) is 22.6 Å². The smallest absolute Gasteiger partial charge is 0.198 e. The van der Waals surface area contributed by atoms with Crippen LogP contribution in [-0.2, 0) is 4.74 Å². The van der Waals surface area contributed by atoms with Crippen molar-refractivity contribution in [1.82, 2.24) is 4.90 Å². The molecule has 0 saturated heterocycles. The first-order valence-electron chi connectivity index (χ1n) is 8.57. The van der Waals surface area contributed by atoms with Crippen LogP contribution in [0, 0.1) is 0 Å². The van der Waals surface area contributed by atoms with Crippen molar-refractivity contribution in [3.63, 3.8) is 0 Å². The number of benzene rings is 2. The van der Waals surface area contributed by atoms with Crippen LogP contribution in [-0.4, -0.2) is 38.0 Å². The monoisotopic (exact) mass is 351 g/mol. The van der Waals surface area contributed by atoms with Crippen LogP contribution in [0.3, 0.4) is 0 Å². The Kier molecular flexibility index (Phi) is 5.31. The molecule has 6 heteroatoms. The maximum atomic E-state index is 6.27. The molecule has 0 radical (unpaired) electrons. The highest BCUT2D eigenvalue weighted by molar-refractivity contribution is 5.75. The van der Waals surface area contributed by atoms with Gasteiger partial charge in [0.25, 0.3) is 0 Å². The van der Waals surface area contributed by atoms with Gasteiger partial charge in [-0.2, -0.15) is 0 Å². The largest absolute Gasteiger partial charge is 0.464 e. The molecule has 0 fully saturated rings. The molecule has 1 atom stereocenters. The van der Waals surface area contributed by atoms with Gasteiger partial charge in [-0.05, 0) is 24.3 Å². The topological polar surface area (TPSA) is 80.1 Å². The molecule has 0 saturated carbocycles. The van der Waals surface area contributed by atoms with Gasteiger partial charge in [-0.15, -0.1) is 0 Å². The van der Waals surface area contributed by atoms with Gasteiger partial charge >= 0.3 is 0 Å². The molecule has 2 aromatic carbocycles. The lowest BCUT2D eigenvalue weighted by atomic mass is 10.1. The average molecular weight is 351 g/mol. The van der Waals surface area contributed by atoms with E-state index in [4.69, 9.17) is 16.2 Å². The Balaban J connectivity index is 1.82. The van der Waals surface area contributed by atoms with Crippen LogP contribution >= 0.6 is 0 Å². The second-order valence-electron chi connectivity index (χ2n) is 6.36. The van der Waals surface area contributed by atoms with Gasteiger partial charge in [0, 0.05) is 43.7 Å². The summed E-state index contributed by atoms with van der Waals surface area (Å²) in [5.41, 5.74) is 14.2. The maximum absolute atomic E-state index is 6.27. The fraction of sp³-hybridized carbons (Fsp3) is 0.250. The fourth-order valence-corrected chi connectivity index (χ4v) is 2.86. The summed E-state index contributed by atoms with van der Waals surface area (Å²) in [6.45, 7) is 1.18. The van der Waals surface area contributed by atoms with Gasteiger partial charge < -0.3 is 26.0 Å². The van der Waals surface area contributed by atoms with Crippen LogP contribution in [0.4, 0.5) is 5.69 Å². The maximum Gasteiger partial charge on any atom is 0.198 e. The summed E-state index contributed by atoms with van der Waals surface area (Å²) in [4.78, 5) is 8.28. The average Bonchev–Trinajstić information content (AvgIpc) is 3.06. The standard InChI is InChI=1S/C20H25N5O/c1-24(2)17-10-8-15(9-11-17)18-14-25(13-12-23-20(21)22)19(26-18)16-6-4-3-5-7-16/h3-11,14,19H,12-13H2,1-2H3,(H4,21,22,23). The summed E-state index contributed by atoms with van der Waals surface area (Å²) >= 11 is 0. The number of hydrogen-bond acceptors (Lipinski definition) is 4. The molecule has 26 heavy (non-hydrogen) atoms. The molecule has 0 aliphatic carbocycles. The summed E-state index contributed by atoms with van der Waals surface area (Å²) < 4.78 is 6.27. The zero-order valence-corrected chi connectivity index (χ0v) is 15.2. The number of aliphatic imine (C=N–C) groups is 1. The highest BCUT2D eigenvalue weighted by Crippen LogP contribution is 2.36. The van der Waals surface area contributed by atoms with Crippen LogP contribution in [0.2, 0.25) is 0 Å². The van der Waals surface area contributed by atoms with E-state index in [1.807, 2.05) is 38.5 Å². The minimum atomic E-state index is -0.186. The molecule has 0 spiro atoms. The Bertz CT molecular complexity index is 780. The number of guanidine groups is 1. The highest BCUT2D eigenvalue weighted by Gasteiger charge is 2.27. The Morgan fingerprint density at radius 2 is 1.77 bits per heavy atom. The van der Waals surface area contributed by atoms with Crippen molar-refractivity contribution in [1.29, 1.82) is 0 Å². The van der Waals surface area contributed by atoms with Crippen molar-refractivity contribution in [3.05, 3.63) is 71.9 Å². The molecule has 0 amide bonds. The van der Waals surface area contributed by atoms with Crippen molar-refractivity contribution in [2.45, 2.75) is 6.23 Å². The predicted molar refractivity (Wildman–Crippen MR) is 106 cm³/mol. The van der Waals surface area contributed by atoms with Crippen molar-refractivity contribution < 1.29 is 4.74 Å². The first kappa shape index (κ1) is 17.7. The quantitative estimate of drug-likeness (QED) is 0.617. The van der Waals surface area contributed by atoms with Gasteiger partial charge in [0.15, 0.2) is 12.2 Å². The van der Waals surface area contributed by atoms with E-state index in [9.17, 15) is 0 Å². The molecule has 4 N–H and O–H groups in total. The minimum absolute atomic E-state index is 0.102. The first-order chi connectivity index (χ1) is 12.5. The van der Waals surface area contributed by atoms with Gasteiger partial charge in [0.1, 0.15) is 5.76 Å². The molecular weight excluding hydrogens is 326 g/mol. The summed E-state index contributed by atoms with van der Waals surface area (Å²) in [5, 5.41) is 0. The van der Waals surface area contributed by atoms with E-state index in [-0.39, 0.29) is 12.2 Å². The van der Waals surface area contributed by atoms with Crippen molar-refractivity contribution in [2.75, 3.05) is 32.1 Å². The number of rotatable bonds is 6. The van der Waals surface area contributed by atoms with E-state index < -0.39 is 0 Å². The van der Waals surface area contributed by atoms with E-state index in [1.165, 1.54) is 0 Å². The van der Waals surface area contributed by atoms with Crippen LogP contribution in [0.5, 0.6) is 0 Å². The summed E-state index contributed by atoms with van der Waals surface area (Å²) in [7, 11) is 4.05. The molecule has 6 nitrogen and oxygen atoms in total. The van der Waals surface area contributed by atoms with E-state index >= 15 is 0 Å². The zero-order chi connectivity index (χ0) is 18.5. The molecule has 1 heterocycles. The molecule has 1 unspecified atom stereocenters. The lowest BCUT2D eigenvalue weighted by molar-refractivity contribution is 0.0703. The van der Waals surface area contributed by atoms with Gasteiger partial charge in [-0.1, -0.05) is 30.3 Å². The summed E-state index contributed by atoms with van der Waals surface area (Å²) in [5.74, 6) is 0.943. The third kappa shape index (κ3) is 4.08. The second-order valence-corrected chi connectivity index (χ2v) is 6.36. The lowest BCUT2D eigenvalue weighted by Gasteiger charge is -2.24. The van der Waals surface area contributed by atoms with Crippen molar-refractivity contribution >= 4 is 17.4 Å². The van der Waals surface area contributed by atoms with Crippen LogP contribution in [0.25, 0.3) is 5.76 Å². The number of nitrogens with two attached hydrogens (primary N) is 2. The number of nitrogens with zero attached hydrogens (tertiary/aromatic N) is 3. The van der Waals surface area contributed by atoms with Crippen LogP contribution < -0.4 is 16.4 Å². The normalized spacial score (nSPS) is 16.0. The minimum Gasteiger partial charge on any atom is -0.464 e. The SMILES string of the molecule is CN(C)c1ccc(C2=CN(CCN=C(N)N)C(c3ccccc3)O2)cc1. The fourth-order valence-electron chi connectivity index (χ4n) is 2.86. The molecule has 0 bridgehead atoms. The van der Waals surface area contributed by atoms with E-state index in [1.54, 1.807) is 0 Å². The van der Waals surface area contributed by atoms with E-state index in [2.05, 4.69) is 51.2 Å². The highest BCUT2D eigenvalue weighted by atomic mass is 16.5. The number of anilines is 1. The third-order valence-corrected chi connectivity index (χ3v) is 4.23. The third-order valence-electron chi connectivity index (χ3n) is 4.23. The Hall–Kier alpha value is -3.15. The van der Waals surface area contributed by atoms with Crippen molar-refractivity contribution in [3.8, 4) is 0 Å². The molecule has 136 valence electrons. The first-order valence-corrected chi connectivity index (χ1v) is 8.57. The number of hydrogen-bond donors (Lipinski definition) is 2. The Labute approximate surface area is 154 Å². The molecule has 1 aliphatic heterocycles. The van der Waals surface area contributed by atoms with Gasteiger partial charge in [-0.3, -0.25) is 4.99 Å². The number of ether oxygens (including phenoxy) is 1. The summed E-state index contributed by atoms with van der Waals surface area (Å²) in [6, 6.07) is 18.4. The molecular formula is C20H25N5O. The predicted octanol–water partition coefficient (Wildman–Crippen LogP) is 2.36. The zero-order valence-electron chi connectivity index (χ0n) is 15.2. The van der Waals surface area contributed by atoms with Gasteiger partial charge in [-0.25, -0.2) is 0 Å². The van der Waals surface area contributed by atoms with Crippen LogP contribution in [0.1, 0.15) is 17.4 Å². The second kappa shape index (κ2) is 7.82.